The molecule has 102 valence electrons. The number of nitrogens with one attached hydrogen (secondary N) is 1. The van der Waals surface area contributed by atoms with Gasteiger partial charge in [0.15, 0.2) is 5.96 Å². The molecule has 0 amide bonds. The Morgan fingerprint density at radius 2 is 2.39 bits per heavy atom. The van der Waals surface area contributed by atoms with Gasteiger partial charge < -0.3 is 15.0 Å². The molecule has 2 fully saturated rings. The van der Waals surface area contributed by atoms with E-state index in [4.69, 9.17) is 4.74 Å². The Morgan fingerprint density at radius 1 is 1.50 bits per heavy atom. The monoisotopic (exact) mass is 251 g/mol. The second-order valence-corrected chi connectivity index (χ2v) is 5.31. The third kappa shape index (κ3) is 3.05. The number of nitrogens with zero attached hydrogens (tertiary/aromatic N) is 2. The molecule has 2 heterocycles. The van der Waals surface area contributed by atoms with Crippen molar-refractivity contribution in [3.05, 3.63) is 12.2 Å². The zero-order valence-electron chi connectivity index (χ0n) is 11.6. The standard InChI is InChI=1S/C14H25N3O/c1-3-4-5-8-16-13(15-2)17-9-6-14(11-17)7-10-18-12-14/h3-4H,5-12H2,1-2H3,(H,15,16)/b4-3+. The molecule has 1 N–H and O–H groups in total. The number of hydrogen-bond acceptors (Lipinski definition) is 2. The van der Waals surface area contributed by atoms with Gasteiger partial charge in [-0.25, -0.2) is 0 Å². The predicted octanol–water partition coefficient (Wildman–Crippen LogP) is 1.64. The molecule has 0 radical (unpaired) electrons. The highest BCUT2D eigenvalue weighted by Gasteiger charge is 2.42. The number of rotatable bonds is 3. The SMILES string of the molecule is C/C=C/CCNC(=NC)N1CCC2(CCOC2)C1. The summed E-state index contributed by atoms with van der Waals surface area (Å²) >= 11 is 0. The summed E-state index contributed by atoms with van der Waals surface area (Å²) in [6.45, 7) is 7.07. The van der Waals surface area contributed by atoms with E-state index in [1.54, 1.807) is 0 Å². The molecule has 0 aliphatic carbocycles. The van der Waals surface area contributed by atoms with Crippen LogP contribution in [0.15, 0.2) is 17.1 Å². The molecule has 2 rings (SSSR count). The van der Waals surface area contributed by atoms with Crippen LogP contribution < -0.4 is 5.32 Å². The molecule has 0 aromatic heterocycles. The van der Waals surface area contributed by atoms with E-state index in [1.165, 1.54) is 12.8 Å². The van der Waals surface area contributed by atoms with E-state index >= 15 is 0 Å². The van der Waals surface area contributed by atoms with E-state index in [0.29, 0.717) is 5.41 Å². The van der Waals surface area contributed by atoms with E-state index in [0.717, 1.165) is 45.2 Å². The number of allylic oxidation sites excluding steroid dienone is 1. The lowest BCUT2D eigenvalue weighted by molar-refractivity contribution is 0.156. The number of aliphatic imine (C=N–C) groups is 1. The number of likely N-dealkylation sites (tertiary alicyclic amines) is 1. The van der Waals surface area contributed by atoms with Gasteiger partial charge in [0.1, 0.15) is 0 Å². The summed E-state index contributed by atoms with van der Waals surface area (Å²) in [6.07, 6.45) is 7.76. The minimum absolute atomic E-state index is 0.404. The van der Waals surface area contributed by atoms with Crippen LogP contribution in [0.5, 0.6) is 0 Å². The van der Waals surface area contributed by atoms with Crippen molar-refractivity contribution in [3.8, 4) is 0 Å². The van der Waals surface area contributed by atoms with Crippen molar-refractivity contribution in [2.24, 2.45) is 10.4 Å². The van der Waals surface area contributed by atoms with Gasteiger partial charge in [-0.05, 0) is 26.2 Å². The van der Waals surface area contributed by atoms with E-state index < -0.39 is 0 Å². The van der Waals surface area contributed by atoms with Gasteiger partial charge in [-0.1, -0.05) is 12.2 Å². The van der Waals surface area contributed by atoms with Gasteiger partial charge in [-0.2, -0.15) is 0 Å². The normalized spacial score (nSPS) is 28.8. The summed E-state index contributed by atoms with van der Waals surface area (Å²) in [7, 11) is 1.87. The second-order valence-electron chi connectivity index (χ2n) is 5.31. The molecule has 4 nitrogen and oxygen atoms in total. The molecule has 0 aromatic rings. The van der Waals surface area contributed by atoms with Crippen molar-refractivity contribution in [1.29, 1.82) is 0 Å². The first-order valence-corrected chi connectivity index (χ1v) is 6.94. The van der Waals surface area contributed by atoms with Gasteiger partial charge in [-0.3, -0.25) is 4.99 Å². The second kappa shape index (κ2) is 6.23. The average molecular weight is 251 g/mol. The fourth-order valence-electron chi connectivity index (χ4n) is 2.85. The molecular weight excluding hydrogens is 226 g/mol. The highest BCUT2D eigenvalue weighted by atomic mass is 16.5. The van der Waals surface area contributed by atoms with Crippen LogP contribution in [0.25, 0.3) is 0 Å². The summed E-state index contributed by atoms with van der Waals surface area (Å²) in [5, 5.41) is 3.44. The first-order valence-electron chi connectivity index (χ1n) is 6.94. The molecule has 1 atom stereocenters. The number of guanidine groups is 1. The first-order chi connectivity index (χ1) is 8.79. The lowest BCUT2D eigenvalue weighted by Gasteiger charge is -2.24. The van der Waals surface area contributed by atoms with Crippen LogP contribution in [0.3, 0.4) is 0 Å². The molecule has 0 aromatic carbocycles. The van der Waals surface area contributed by atoms with Crippen molar-refractivity contribution in [1.82, 2.24) is 10.2 Å². The van der Waals surface area contributed by atoms with Crippen molar-refractivity contribution < 1.29 is 4.74 Å². The predicted molar refractivity (Wildman–Crippen MR) is 74.9 cm³/mol. The van der Waals surface area contributed by atoms with Crippen LogP contribution in [-0.2, 0) is 4.74 Å². The van der Waals surface area contributed by atoms with Gasteiger partial charge in [0.05, 0.1) is 6.61 Å². The van der Waals surface area contributed by atoms with Crippen molar-refractivity contribution in [2.75, 3.05) is 39.9 Å². The molecule has 1 unspecified atom stereocenters. The fourth-order valence-corrected chi connectivity index (χ4v) is 2.85. The summed E-state index contributed by atoms with van der Waals surface area (Å²) in [5.41, 5.74) is 0.404. The van der Waals surface area contributed by atoms with Gasteiger partial charge in [0, 0.05) is 38.7 Å². The van der Waals surface area contributed by atoms with Crippen LogP contribution in [-0.4, -0.2) is 50.8 Å². The van der Waals surface area contributed by atoms with E-state index in [-0.39, 0.29) is 0 Å². The summed E-state index contributed by atoms with van der Waals surface area (Å²) < 4.78 is 5.56. The zero-order valence-corrected chi connectivity index (χ0v) is 11.6. The smallest absolute Gasteiger partial charge is 0.193 e. The van der Waals surface area contributed by atoms with Crippen LogP contribution in [0.4, 0.5) is 0 Å². The molecule has 18 heavy (non-hydrogen) atoms. The van der Waals surface area contributed by atoms with E-state index in [1.807, 2.05) is 7.05 Å². The third-order valence-electron chi connectivity index (χ3n) is 3.96. The Balaban J connectivity index is 1.82. The van der Waals surface area contributed by atoms with E-state index in [2.05, 4.69) is 34.3 Å². The molecule has 2 saturated heterocycles. The summed E-state index contributed by atoms with van der Waals surface area (Å²) in [4.78, 5) is 6.77. The lowest BCUT2D eigenvalue weighted by atomic mass is 9.87. The Bertz CT molecular complexity index is 319. The third-order valence-corrected chi connectivity index (χ3v) is 3.96. The van der Waals surface area contributed by atoms with Gasteiger partial charge >= 0.3 is 0 Å². The molecule has 1 spiro atoms. The Labute approximate surface area is 110 Å². The molecule has 0 saturated carbocycles. The molecule has 0 bridgehead atoms. The highest BCUT2D eigenvalue weighted by molar-refractivity contribution is 5.80. The van der Waals surface area contributed by atoms with Gasteiger partial charge in [0.2, 0.25) is 0 Å². The highest BCUT2D eigenvalue weighted by Crippen LogP contribution is 2.38. The Kier molecular flexibility index (Phi) is 4.64. The van der Waals surface area contributed by atoms with Gasteiger partial charge in [-0.15, -0.1) is 0 Å². The van der Waals surface area contributed by atoms with Crippen molar-refractivity contribution >= 4 is 5.96 Å². The fraction of sp³-hybridized carbons (Fsp3) is 0.786. The zero-order chi connectivity index (χ0) is 12.8. The maximum atomic E-state index is 5.56. The molecule has 4 heteroatoms. The summed E-state index contributed by atoms with van der Waals surface area (Å²) in [6, 6.07) is 0. The van der Waals surface area contributed by atoms with Crippen LogP contribution in [0, 0.1) is 5.41 Å². The van der Waals surface area contributed by atoms with E-state index in [9.17, 15) is 0 Å². The van der Waals surface area contributed by atoms with Crippen LogP contribution in [0.1, 0.15) is 26.2 Å². The number of ether oxygens (including phenoxy) is 1. The van der Waals surface area contributed by atoms with Crippen molar-refractivity contribution in [2.45, 2.75) is 26.2 Å². The minimum Gasteiger partial charge on any atom is -0.381 e. The minimum atomic E-state index is 0.404. The Morgan fingerprint density at radius 3 is 3.06 bits per heavy atom. The topological polar surface area (TPSA) is 36.9 Å². The largest absolute Gasteiger partial charge is 0.381 e. The summed E-state index contributed by atoms with van der Waals surface area (Å²) in [5.74, 6) is 1.04. The first kappa shape index (κ1) is 13.4. The lowest BCUT2D eigenvalue weighted by Crippen LogP contribution is -2.41. The Hall–Kier alpha value is -1.03. The average Bonchev–Trinajstić information content (AvgIpc) is 3.01. The van der Waals surface area contributed by atoms with Crippen LogP contribution >= 0.6 is 0 Å². The molecule has 2 aliphatic rings. The molecular formula is C14H25N3O. The molecule has 2 aliphatic heterocycles. The van der Waals surface area contributed by atoms with Crippen LogP contribution in [0.2, 0.25) is 0 Å². The number of hydrogen-bond donors (Lipinski definition) is 1. The maximum absolute atomic E-state index is 5.56. The van der Waals surface area contributed by atoms with Gasteiger partial charge in [0.25, 0.3) is 0 Å². The maximum Gasteiger partial charge on any atom is 0.193 e. The van der Waals surface area contributed by atoms with Crippen molar-refractivity contribution in [3.63, 3.8) is 0 Å². The quantitative estimate of drug-likeness (QED) is 0.358.